The number of nitrogens with one attached hydrogen (secondary N) is 3. The van der Waals surface area contributed by atoms with E-state index in [1.165, 1.54) is 14.2 Å². The molecule has 4 atom stereocenters. The van der Waals surface area contributed by atoms with Crippen LogP contribution < -0.4 is 44.7 Å². The van der Waals surface area contributed by atoms with Crippen LogP contribution in [0.2, 0.25) is 0 Å². The van der Waals surface area contributed by atoms with Crippen molar-refractivity contribution in [2.45, 2.75) is 95.4 Å². The summed E-state index contributed by atoms with van der Waals surface area (Å²) in [5.74, 6) is 1.48. The molecular weight excluding hydrogens is 919 g/mol. The molecule has 0 aliphatic carbocycles. The molecular formula is C52H55N5O10S2. The van der Waals surface area contributed by atoms with Gasteiger partial charge in [-0.25, -0.2) is 0 Å². The number of carbonyl (C=O) groups is 4. The van der Waals surface area contributed by atoms with Gasteiger partial charge in [0.25, 0.3) is 11.8 Å². The lowest BCUT2D eigenvalue weighted by atomic mass is 10.1. The fraction of sp³-hybridized carbons (Fsp3) is 0.346. The molecule has 0 spiro atoms. The van der Waals surface area contributed by atoms with Gasteiger partial charge in [-0.2, -0.15) is 0 Å². The first-order valence-corrected chi connectivity index (χ1v) is 25.2. The van der Waals surface area contributed by atoms with Crippen LogP contribution in [0.1, 0.15) is 83.0 Å². The number of carbonyl (C=O) groups excluding carboxylic acids is 4. The van der Waals surface area contributed by atoms with E-state index in [1.807, 2.05) is 80.6 Å². The van der Waals surface area contributed by atoms with Crippen molar-refractivity contribution < 1.29 is 48.3 Å². The maximum Gasteiger partial charge on any atom is 0.260 e. The second-order valence-corrected chi connectivity index (χ2v) is 21.4. The fourth-order valence-corrected chi connectivity index (χ4v) is 12.0. The van der Waals surface area contributed by atoms with Gasteiger partial charge in [-0.15, -0.1) is 0 Å². The largest absolute Gasteiger partial charge is 0.493 e. The number of fused-ring (bicyclic) bond motifs is 8. The molecule has 4 aliphatic heterocycles. The van der Waals surface area contributed by atoms with Gasteiger partial charge in [0.05, 0.1) is 48.8 Å². The molecule has 17 heteroatoms. The van der Waals surface area contributed by atoms with E-state index in [9.17, 15) is 29.4 Å². The zero-order valence-electron chi connectivity index (χ0n) is 39.0. The summed E-state index contributed by atoms with van der Waals surface area (Å²) in [5, 5.41) is 32.1. The summed E-state index contributed by atoms with van der Waals surface area (Å²) in [6.45, 7) is 5.62. The molecule has 15 nitrogen and oxygen atoms in total. The Balaban J connectivity index is 0.968. The summed E-state index contributed by atoms with van der Waals surface area (Å²) in [7, 11) is 6.24. The van der Waals surface area contributed by atoms with Gasteiger partial charge in [-0.3, -0.25) is 14.4 Å². The summed E-state index contributed by atoms with van der Waals surface area (Å²) < 4.78 is 24.0. The summed E-state index contributed by atoms with van der Waals surface area (Å²) >= 11 is 0. The average Bonchev–Trinajstić information content (AvgIpc) is 3.86. The number of hydrogen-bond donors (Lipinski definition) is 5. The highest BCUT2D eigenvalue weighted by atomic mass is 33.1. The van der Waals surface area contributed by atoms with Crippen molar-refractivity contribution in [3.8, 4) is 23.0 Å². The average molecular weight is 974 g/mol. The Morgan fingerprint density at radius 2 is 1.22 bits per heavy atom. The highest BCUT2D eigenvalue weighted by molar-refractivity contribution is 8.77. The number of anilines is 5. The number of amides is 3. The fourth-order valence-electron chi connectivity index (χ4n) is 9.41. The van der Waals surface area contributed by atoms with Gasteiger partial charge < -0.3 is 59.7 Å². The van der Waals surface area contributed by atoms with Gasteiger partial charge in [0.15, 0.2) is 23.0 Å². The van der Waals surface area contributed by atoms with Crippen molar-refractivity contribution in [3.05, 3.63) is 124 Å². The first-order chi connectivity index (χ1) is 33.2. The van der Waals surface area contributed by atoms with Crippen LogP contribution in [0.4, 0.5) is 28.4 Å². The van der Waals surface area contributed by atoms with E-state index >= 15 is 0 Å². The molecule has 4 aliphatic rings. The number of ether oxygens (including phenoxy) is 4. The Bertz CT molecular complexity index is 2660. The van der Waals surface area contributed by atoms with E-state index in [2.05, 4.69) is 16.0 Å². The lowest BCUT2D eigenvalue weighted by Gasteiger charge is -2.26. The number of methoxy groups -OCH3 is 2. The number of aliphatic hydroxyl groups excluding tert-OH is 2. The Kier molecular flexibility index (Phi) is 13.7. The first kappa shape index (κ1) is 47.7. The van der Waals surface area contributed by atoms with Crippen LogP contribution >= 0.6 is 21.6 Å². The number of Topliss-reactive ketones (excluding diaryl/α,β-unsaturated/α-hetero) is 1. The van der Waals surface area contributed by atoms with Gasteiger partial charge in [0.1, 0.15) is 31.5 Å². The SMILES string of the molecule is COc1cc2c(cc1OCc1cc(COc3cc4c(cc3OC)C(=O)N3c5ccccc5C[C@H]3C(O)N4)cc(NC(=O)CC(C)(C)SSCCCC(C)=O)c1)NC(O)[C@@H]1Cc3ccccc3N1C2=O. The van der Waals surface area contributed by atoms with Crippen molar-refractivity contribution in [3.63, 3.8) is 0 Å². The molecule has 0 fully saturated rings. The molecule has 0 saturated heterocycles. The van der Waals surface area contributed by atoms with Gasteiger partial charge >= 0.3 is 0 Å². The number of aliphatic hydroxyl groups is 2. The Morgan fingerprint density at radius 3 is 1.70 bits per heavy atom. The maximum absolute atomic E-state index is 14.1. The van der Waals surface area contributed by atoms with Crippen molar-refractivity contribution >= 4 is 73.5 Å². The predicted octanol–water partition coefficient (Wildman–Crippen LogP) is 8.35. The second-order valence-electron chi connectivity index (χ2n) is 18.2. The maximum atomic E-state index is 14.1. The topological polar surface area (TPSA) is 188 Å². The van der Waals surface area contributed by atoms with Crippen LogP contribution in [0, 0.1) is 0 Å². The quantitative estimate of drug-likeness (QED) is 0.0442. The van der Waals surface area contributed by atoms with E-state index < -0.39 is 29.3 Å². The monoisotopic (exact) mass is 973 g/mol. The number of rotatable bonds is 17. The van der Waals surface area contributed by atoms with Gasteiger partial charge in [-0.1, -0.05) is 58.0 Å². The van der Waals surface area contributed by atoms with E-state index in [0.717, 1.165) is 34.7 Å². The minimum atomic E-state index is -1.06. The highest BCUT2D eigenvalue weighted by Gasteiger charge is 2.44. The number of nitrogens with zero attached hydrogens (tertiary/aromatic N) is 2. The molecule has 5 aromatic carbocycles. The standard InChI is InChI=1S/C52H55N5O10S2/c1-29(58)11-10-16-68-69-52(2,3)26-47(59)53-34-18-30(27-66-45-24-37-35(22-43(45)64-4)50(62)56-39-14-8-6-12-32(39)20-41(56)48(60)54-37)17-31(19-34)28-67-46-25-38-36(23-44(46)65-5)51(63)57-40-15-9-7-13-33(40)21-42(57)49(61)55-38/h6-9,12-15,17-19,22-25,41-42,48-49,54-55,60-61H,10-11,16,20-21,26-28H2,1-5H3,(H,53,59)/t41-,42-,48?,49?/m0/s1. The van der Waals surface area contributed by atoms with Crippen LogP contribution in [0.25, 0.3) is 0 Å². The van der Waals surface area contributed by atoms with Crippen molar-refractivity contribution in [1.29, 1.82) is 0 Å². The molecule has 0 radical (unpaired) electrons. The molecule has 5 N–H and O–H groups in total. The van der Waals surface area contributed by atoms with Crippen LogP contribution in [0.15, 0.2) is 91.0 Å². The van der Waals surface area contributed by atoms with E-state index in [1.54, 1.807) is 62.6 Å². The van der Waals surface area contributed by atoms with Crippen molar-refractivity contribution in [1.82, 2.24) is 0 Å². The smallest absolute Gasteiger partial charge is 0.260 e. The Labute approximate surface area is 408 Å². The number of hydrogen-bond acceptors (Lipinski definition) is 14. The van der Waals surface area contributed by atoms with Crippen molar-refractivity contribution in [2.75, 3.05) is 45.7 Å². The third-order valence-electron chi connectivity index (χ3n) is 12.6. The lowest BCUT2D eigenvalue weighted by molar-refractivity contribution is -0.117. The molecule has 69 heavy (non-hydrogen) atoms. The van der Waals surface area contributed by atoms with Crippen LogP contribution in [-0.2, 0) is 35.6 Å². The zero-order chi connectivity index (χ0) is 48.6. The molecule has 5 aromatic rings. The summed E-state index contributed by atoms with van der Waals surface area (Å²) in [6.07, 6.45) is 0.389. The van der Waals surface area contributed by atoms with E-state index in [-0.39, 0.29) is 43.1 Å². The van der Waals surface area contributed by atoms with Gasteiger partial charge in [0, 0.05) is 52.5 Å². The van der Waals surface area contributed by atoms with Crippen molar-refractivity contribution in [2.24, 2.45) is 0 Å². The van der Waals surface area contributed by atoms with Crippen LogP contribution in [0.5, 0.6) is 23.0 Å². The Hall–Kier alpha value is -6.40. The summed E-state index contributed by atoms with van der Waals surface area (Å²) in [5.41, 5.74) is 6.76. The first-order valence-electron chi connectivity index (χ1n) is 22.8. The second kappa shape index (κ2) is 19.9. The third kappa shape index (κ3) is 10.0. The molecule has 9 rings (SSSR count). The molecule has 0 bridgehead atoms. The summed E-state index contributed by atoms with van der Waals surface area (Å²) in [6, 6.07) is 26.3. The van der Waals surface area contributed by atoms with Crippen LogP contribution in [0.3, 0.4) is 0 Å². The van der Waals surface area contributed by atoms with Gasteiger partial charge in [-0.05, 0) is 105 Å². The highest BCUT2D eigenvalue weighted by Crippen LogP contribution is 2.44. The number of benzene rings is 5. The lowest BCUT2D eigenvalue weighted by Crippen LogP contribution is -2.45. The zero-order valence-corrected chi connectivity index (χ0v) is 40.6. The molecule has 3 amide bonds. The minimum absolute atomic E-state index is 0.00954. The number of ketones is 1. The molecule has 0 saturated carbocycles. The van der Waals surface area contributed by atoms with E-state index in [4.69, 9.17) is 18.9 Å². The predicted molar refractivity (Wildman–Crippen MR) is 269 cm³/mol. The van der Waals surface area contributed by atoms with E-state index in [0.29, 0.717) is 81.6 Å². The van der Waals surface area contributed by atoms with Gasteiger partial charge in [0.2, 0.25) is 5.91 Å². The molecule has 360 valence electrons. The Morgan fingerprint density at radius 1 is 0.725 bits per heavy atom. The van der Waals surface area contributed by atoms with Crippen LogP contribution in [-0.4, -0.2) is 83.0 Å². The number of para-hydroxylation sites is 2. The molecule has 4 heterocycles. The summed E-state index contributed by atoms with van der Waals surface area (Å²) in [4.78, 5) is 56.6. The third-order valence-corrected chi connectivity index (χ3v) is 16.0. The minimum Gasteiger partial charge on any atom is -0.493 e. The molecule has 2 unspecified atom stereocenters. The molecule has 0 aromatic heterocycles. The normalized spacial score (nSPS) is 18.8.